The van der Waals surface area contributed by atoms with E-state index in [1.54, 1.807) is 24.3 Å². The minimum absolute atomic E-state index is 0.0588. The minimum Gasteiger partial charge on any atom is -0.325 e. The first-order chi connectivity index (χ1) is 16.1. The van der Waals surface area contributed by atoms with Crippen molar-refractivity contribution < 1.29 is 19.3 Å². The zero-order chi connectivity index (χ0) is 24.7. The highest BCUT2D eigenvalue weighted by Crippen LogP contribution is 2.35. The number of fused-ring (bicyclic) bond motifs is 1. The molecule has 174 valence electrons. The van der Waals surface area contributed by atoms with Crippen molar-refractivity contribution >= 4 is 73.2 Å². The fraction of sp³-hybridized carbons (Fsp3) is 0.143. The van der Waals surface area contributed by atoms with E-state index in [0.717, 1.165) is 9.37 Å². The van der Waals surface area contributed by atoms with Gasteiger partial charge in [-0.15, -0.1) is 0 Å². The number of nitro benzene ring substituents is 1. The molecule has 1 saturated heterocycles. The first kappa shape index (κ1) is 23.4. The van der Waals surface area contributed by atoms with Crippen LogP contribution in [0, 0.1) is 10.1 Å². The van der Waals surface area contributed by atoms with E-state index in [9.17, 15) is 29.3 Å². The van der Waals surface area contributed by atoms with Crippen LogP contribution in [0.4, 0.5) is 16.2 Å². The SMILES string of the molecule is Cn1c(=O)n(C)c2cc([N+](=O)[O-])c(/C=C3\SC(=O)N(CC(=O)Nc4ccc(Br)cc4)C3=O)cc21. The summed E-state index contributed by atoms with van der Waals surface area (Å²) in [6, 6.07) is 9.43. The van der Waals surface area contributed by atoms with Gasteiger partial charge in [-0.05, 0) is 48.2 Å². The molecule has 1 aliphatic rings. The molecule has 0 saturated carbocycles. The minimum atomic E-state index is -0.739. The molecule has 2 aromatic carbocycles. The van der Waals surface area contributed by atoms with Crippen molar-refractivity contribution in [2.45, 2.75) is 0 Å². The number of carbonyl (C=O) groups excluding carboxylic acids is 3. The smallest absolute Gasteiger partial charge is 0.325 e. The Labute approximate surface area is 204 Å². The number of halogens is 1. The molecule has 0 unspecified atom stereocenters. The number of nitrogens with one attached hydrogen (secondary N) is 1. The number of hydrogen-bond donors (Lipinski definition) is 1. The summed E-state index contributed by atoms with van der Waals surface area (Å²) in [6.07, 6.45) is 1.23. The van der Waals surface area contributed by atoms with Crippen LogP contribution in [0.3, 0.4) is 0 Å². The Kier molecular flexibility index (Phi) is 6.15. The first-order valence-electron chi connectivity index (χ1n) is 9.71. The van der Waals surface area contributed by atoms with Gasteiger partial charge in [0.05, 0.1) is 26.4 Å². The van der Waals surface area contributed by atoms with E-state index >= 15 is 0 Å². The van der Waals surface area contributed by atoms with Crippen LogP contribution in [-0.4, -0.2) is 42.6 Å². The molecule has 1 fully saturated rings. The normalized spacial score (nSPS) is 14.9. The largest absolute Gasteiger partial charge is 0.328 e. The first-order valence-corrected chi connectivity index (χ1v) is 11.3. The lowest BCUT2D eigenvalue weighted by Crippen LogP contribution is -2.36. The predicted octanol–water partition coefficient (Wildman–Crippen LogP) is 3.22. The molecule has 1 aromatic heterocycles. The van der Waals surface area contributed by atoms with E-state index in [1.165, 1.54) is 41.4 Å². The number of imidazole rings is 1. The van der Waals surface area contributed by atoms with Crippen LogP contribution in [0.25, 0.3) is 17.1 Å². The van der Waals surface area contributed by atoms with Gasteiger partial charge in [-0.3, -0.25) is 38.5 Å². The number of aryl methyl sites for hydroxylation is 2. The molecule has 0 aliphatic carbocycles. The van der Waals surface area contributed by atoms with Crippen molar-refractivity contribution in [3.05, 3.63) is 71.9 Å². The molecule has 11 nitrogen and oxygen atoms in total. The third-order valence-corrected chi connectivity index (χ3v) is 6.64. The molecule has 0 radical (unpaired) electrons. The number of carbonyl (C=O) groups is 3. The van der Waals surface area contributed by atoms with Gasteiger partial charge in [-0.25, -0.2) is 4.79 Å². The summed E-state index contributed by atoms with van der Waals surface area (Å²) in [7, 11) is 3.02. The number of nitro groups is 1. The van der Waals surface area contributed by atoms with E-state index < -0.39 is 28.5 Å². The summed E-state index contributed by atoms with van der Waals surface area (Å²) in [5, 5.41) is 13.6. The van der Waals surface area contributed by atoms with Crippen LogP contribution < -0.4 is 11.0 Å². The van der Waals surface area contributed by atoms with Crippen molar-refractivity contribution in [3.63, 3.8) is 0 Å². The van der Waals surface area contributed by atoms with E-state index in [0.29, 0.717) is 28.5 Å². The Morgan fingerprint density at radius 1 is 1.12 bits per heavy atom. The van der Waals surface area contributed by atoms with E-state index in [2.05, 4.69) is 21.2 Å². The molecule has 3 amide bonds. The predicted molar refractivity (Wildman–Crippen MR) is 130 cm³/mol. The molecule has 2 heterocycles. The van der Waals surface area contributed by atoms with Crippen LogP contribution in [0.2, 0.25) is 0 Å². The number of benzene rings is 2. The zero-order valence-corrected chi connectivity index (χ0v) is 20.2. The Hall–Kier alpha value is -3.71. The average Bonchev–Trinajstić information content (AvgIpc) is 3.17. The van der Waals surface area contributed by atoms with Gasteiger partial charge in [0.15, 0.2) is 0 Å². The summed E-state index contributed by atoms with van der Waals surface area (Å²) in [5.74, 6) is -1.31. The molecular weight excluding hydrogens is 530 g/mol. The van der Waals surface area contributed by atoms with Crippen molar-refractivity contribution in [3.8, 4) is 0 Å². The molecule has 0 bridgehead atoms. The third kappa shape index (κ3) is 4.26. The number of nitrogens with zero attached hydrogens (tertiary/aromatic N) is 4. The fourth-order valence-electron chi connectivity index (χ4n) is 3.48. The van der Waals surface area contributed by atoms with Gasteiger partial charge in [0.2, 0.25) is 5.91 Å². The average molecular weight is 546 g/mol. The van der Waals surface area contributed by atoms with Gasteiger partial charge in [0, 0.05) is 30.3 Å². The quantitative estimate of drug-likeness (QED) is 0.295. The van der Waals surface area contributed by atoms with Gasteiger partial charge in [0.1, 0.15) is 6.54 Å². The highest BCUT2D eigenvalue weighted by molar-refractivity contribution is 9.10. The van der Waals surface area contributed by atoms with Crippen LogP contribution in [-0.2, 0) is 23.7 Å². The highest BCUT2D eigenvalue weighted by Gasteiger charge is 2.37. The van der Waals surface area contributed by atoms with E-state index in [4.69, 9.17) is 0 Å². The van der Waals surface area contributed by atoms with Crippen LogP contribution in [0.1, 0.15) is 5.56 Å². The molecule has 3 aromatic rings. The summed E-state index contributed by atoms with van der Waals surface area (Å²) < 4.78 is 3.43. The number of anilines is 1. The van der Waals surface area contributed by atoms with Crippen LogP contribution >= 0.6 is 27.7 Å². The monoisotopic (exact) mass is 545 g/mol. The number of aromatic nitrogens is 2. The Morgan fingerprint density at radius 3 is 2.35 bits per heavy atom. The Morgan fingerprint density at radius 2 is 1.74 bits per heavy atom. The zero-order valence-electron chi connectivity index (χ0n) is 17.8. The van der Waals surface area contributed by atoms with Crippen molar-refractivity contribution in [1.29, 1.82) is 0 Å². The molecule has 0 atom stereocenters. The maximum Gasteiger partial charge on any atom is 0.328 e. The second kappa shape index (κ2) is 8.91. The summed E-state index contributed by atoms with van der Waals surface area (Å²) in [5.41, 5.74) is 0.648. The Balaban J connectivity index is 1.62. The van der Waals surface area contributed by atoms with Crippen molar-refractivity contribution in [1.82, 2.24) is 14.0 Å². The lowest BCUT2D eigenvalue weighted by atomic mass is 10.1. The lowest BCUT2D eigenvalue weighted by Gasteiger charge is -2.12. The second-order valence-corrected chi connectivity index (χ2v) is 9.29. The molecular formula is C21H16BrN5O6S. The maximum absolute atomic E-state index is 12.8. The summed E-state index contributed by atoms with van der Waals surface area (Å²) >= 11 is 3.87. The summed E-state index contributed by atoms with van der Waals surface area (Å²) in [6.45, 7) is -0.508. The number of thioether (sulfide) groups is 1. The van der Waals surface area contributed by atoms with Gasteiger partial charge >= 0.3 is 5.69 Å². The lowest BCUT2D eigenvalue weighted by molar-refractivity contribution is -0.385. The van der Waals surface area contributed by atoms with Gasteiger partial charge in [0.25, 0.3) is 16.8 Å². The van der Waals surface area contributed by atoms with Crippen molar-refractivity contribution in [2.24, 2.45) is 14.1 Å². The van der Waals surface area contributed by atoms with E-state index in [-0.39, 0.29) is 21.8 Å². The van der Waals surface area contributed by atoms with Gasteiger partial charge in [-0.2, -0.15) is 0 Å². The molecule has 4 rings (SSSR count). The highest BCUT2D eigenvalue weighted by atomic mass is 79.9. The number of imide groups is 1. The molecule has 13 heteroatoms. The molecule has 0 spiro atoms. The summed E-state index contributed by atoms with van der Waals surface area (Å²) in [4.78, 5) is 61.5. The van der Waals surface area contributed by atoms with Crippen molar-refractivity contribution in [2.75, 3.05) is 11.9 Å². The second-order valence-electron chi connectivity index (χ2n) is 7.38. The molecule has 34 heavy (non-hydrogen) atoms. The third-order valence-electron chi connectivity index (χ3n) is 5.21. The number of amides is 3. The Bertz CT molecular complexity index is 1470. The number of rotatable bonds is 5. The topological polar surface area (TPSA) is 137 Å². The van der Waals surface area contributed by atoms with Crippen LogP contribution in [0.5, 0.6) is 0 Å². The van der Waals surface area contributed by atoms with Crippen LogP contribution in [0.15, 0.2) is 50.6 Å². The fourth-order valence-corrected chi connectivity index (χ4v) is 4.57. The van der Waals surface area contributed by atoms with Gasteiger partial charge < -0.3 is 5.32 Å². The molecule has 1 aliphatic heterocycles. The van der Waals surface area contributed by atoms with Gasteiger partial charge in [-0.1, -0.05) is 15.9 Å². The molecule has 1 N–H and O–H groups in total. The number of hydrogen-bond acceptors (Lipinski definition) is 7. The standard InChI is InChI=1S/C21H16BrN5O6S/c1-24-15-7-11(14(27(32)33)9-16(15)25(2)20(24)30)8-17-19(29)26(21(31)34-17)10-18(28)23-13-5-3-12(22)4-6-13/h3-9H,10H2,1-2H3,(H,23,28)/b17-8-. The maximum atomic E-state index is 12.8. The van der Waals surface area contributed by atoms with E-state index in [1.807, 2.05) is 0 Å².